The number of carbonyl (C=O) groups excluding carboxylic acids is 1. The summed E-state index contributed by atoms with van der Waals surface area (Å²) in [4.78, 5) is 11.3. The van der Waals surface area contributed by atoms with Crippen LogP contribution in [0.4, 0.5) is 8.78 Å². The van der Waals surface area contributed by atoms with Gasteiger partial charge in [0.15, 0.2) is 0 Å². The van der Waals surface area contributed by atoms with E-state index in [2.05, 4.69) is 11.7 Å². The second-order valence-corrected chi connectivity index (χ2v) is 8.88. The second-order valence-electron chi connectivity index (χ2n) is 7.42. The van der Waals surface area contributed by atoms with E-state index in [1.54, 1.807) is 0 Å². The van der Waals surface area contributed by atoms with Gasteiger partial charge >= 0.3 is 21.3 Å². The van der Waals surface area contributed by atoms with E-state index in [1.807, 2.05) is 13.0 Å². The lowest BCUT2D eigenvalue weighted by molar-refractivity contribution is -0.166. The highest BCUT2D eigenvalue weighted by atomic mass is 32.2. The number of carbonyl (C=O) groups is 1. The largest absolute Gasteiger partial charge is 0.465 e. The van der Waals surface area contributed by atoms with Crippen LogP contribution in [0.25, 0.3) is 0 Å². The summed E-state index contributed by atoms with van der Waals surface area (Å²) in [6.07, 6.45) is 4.77. The van der Waals surface area contributed by atoms with E-state index >= 15 is 0 Å². The van der Waals surface area contributed by atoms with Gasteiger partial charge in [-0.3, -0.25) is 4.55 Å². The van der Waals surface area contributed by atoms with Crippen molar-refractivity contribution in [3.63, 3.8) is 0 Å². The van der Waals surface area contributed by atoms with Crippen LogP contribution in [-0.4, -0.2) is 30.8 Å². The summed E-state index contributed by atoms with van der Waals surface area (Å²) < 4.78 is 60.2. The van der Waals surface area contributed by atoms with Crippen LogP contribution in [0.2, 0.25) is 0 Å². The lowest BCUT2D eigenvalue weighted by atomic mass is 9.37. The molecule has 8 heteroatoms. The van der Waals surface area contributed by atoms with Crippen molar-refractivity contribution in [1.82, 2.24) is 0 Å². The van der Waals surface area contributed by atoms with Crippen molar-refractivity contribution < 1.29 is 31.3 Å². The van der Waals surface area contributed by atoms with E-state index < -0.39 is 26.8 Å². The highest BCUT2D eigenvalue weighted by molar-refractivity contribution is 7.87. The number of alkyl halides is 2. The summed E-state index contributed by atoms with van der Waals surface area (Å²) in [6, 6.07) is 0. The summed E-state index contributed by atoms with van der Waals surface area (Å²) in [5.74, 6) is -1.19. The van der Waals surface area contributed by atoms with Crippen LogP contribution in [0.5, 0.6) is 0 Å². The van der Waals surface area contributed by atoms with E-state index in [4.69, 9.17) is 4.55 Å². The van der Waals surface area contributed by atoms with Gasteiger partial charge in [0.1, 0.15) is 6.61 Å². The fourth-order valence-corrected chi connectivity index (χ4v) is 4.86. The van der Waals surface area contributed by atoms with Gasteiger partial charge in [0.25, 0.3) is 0 Å². The first kappa shape index (κ1) is 15.9. The van der Waals surface area contributed by atoms with Crippen molar-refractivity contribution in [1.29, 1.82) is 0 Å². The summed E-state index contributed by atoms with van der Waals surface area (Å²) in [6.45, 7) is 3.73. The normalized spacial score (nSPS) is 40.0. The summed E-state index contributed by atoms with van der Waals surface area (Å²) in [7, 11) is -5.82. The van der Waals surface area contributed by atoms with Crippen LogP contribution in [0.15, 0.2) is 11.6 Å². The SMILES string of the molecule is CC1(COC(=O)C(F)(F)S(=O)(=O)O)C=C2CC3(C)CC(C1)C23. The Kier molecular flexibility index (Phi) is 3.09. The van der Waals surface area contributed by atoms with E-state index in [0.29, 0.717) is 17.3 Å². The molecule has 0 aromatic heterocycles. The van der Waals surface area contributed by atoms with Crippen molar-refractivity contribution in [3.05, 3.63) is 11.6 Å². The summed E-state index contributed by atoms with van der Waals surface area (Å²) in [5.41, 5.74) is 1.10. The molecule has 124 valence electrons. The summed E-state index contributed by atoms with van der Waals surface area (Å²) in [5, 5.41) is -4.93. The zero-order valence-electron chi connectivity index (χ0n) is 12.3. The molecule has 0 aliphatic heterocycles. The lowest BCUT2D eigenvalue weighted by Crippen LogP contribution is -2.59. The van der Waals surface area contributed by atoms with Gasteiger partial charge in [-0.05, 0) is 36.5 Å². The molecule has 22 heavy (non-hydrogen) atoms. The van der Waals surface area contributed by atoms with Gasteiger partial charge in [-0.25, -0.2) is 4.79 Å². The third-order valence-electron chi connectivity index (χ3n) is 5.32. The Labute approximate surface area is 127 Å². The Hall–Kier alpha value is -1.02. The zero-order chi connectivity index (χ0) is 16.6. The molecular formula is C14H18F2O5S. The molecule has 1 N–H and O–H groups in total. The first-order valence-corrected chi connectivity index (χ1v) is 8.56. The van der Waals surface area contributed by atoms with E-state index in [9.17, 15) is 22.0 Å². The quantitative estimate of drug-likeness (QED) is 0.484. The molecular weight excluding hydrogens is 318 g/mol. The molecule has 0 spiro atoms. The topological polar surface area (TPSA) is 80.7 Å². The van der Waals surface area contributed by atoms with Gasteiger partial charge in [-0.15, -0.1) is 0 Å². The Morgan fingerprint density at radius 2 is 2.09 bits per heavy atom. The highest BCUT2D eigenvalue weighted by Crippen LogP contribution is 2.71. The van der Waals surface area contributed by atoms with Crippen LogP contribution >= 0.6 is 0 Å². The van der Waals surface area contributed by atoms with E-state index in [0.717, 1.165) is 19.3 Å². The molecule has 0 heterocycles. The third-order valence-corrected chi connectivity index (χ3v) is 6.13. The zero-order valence-corrected chi connectivity index (χ0v) is 13.1. The van der Waals surface area contributed by atoms with Crippen molar-refractivity contribution >= 4 is 16.1 Å². The monoisotopic (exact) mass is 336 g/mol. The first-order valence-electron chi connectivity index (χ1n) is 7.12. The fourth-order valence-electron chi connectivity index (χ4n) is 4.59. The highest BCUT2D eigenvalue weighted by Gasteiger charge is 2.62. The van der Waals surface area contributed by atoms with Crippen molar-refractivity contribution in [3.8, 4) is 0 Å². The van der Waals surface area contributed by atoms with Gasteiger partial charge < -0.3 is 4.74 Å². The van der Waals surface area contributed by atoms with Crippen LogP contribution in [-0.2, 0) is 19.6 Å². The number of esters is 1. The van der Waals surface area contributed by atoms with Crippen LogP contribution in [0.3, 0.4) is 0 Å². The van der Waals surface area contributed by atoms with Crippen LogP contribution < -0.4 is 0 Å². The van der Waals surface area contributed by atoms with Gasteiger partial charge in [0.05, 0.1) is 0 Å². The molecule has 2 saturated carbocycles. The number of hydrogen-bond acceptors (Lipinski definition) is 4. The molecule has 0 amide bonds. The molecule has 3 aliphatic rings. The molecule has 4 atom stereocenters. The van der Waals surface area contributed by atoms with Crippen molar-refractivity contribution in [2.24, 2.45) is 22.7 Å². The molecule has 3 rings (SSSR count). The van der Waals surface area contributed by atoms with Crippen LogP contribution in [0.1, 0.15) is 33.1 Å². The van der Waals surface area contributed by atoms with Crippen LogP contribution in [0, 0.1) is 22.7 Å². The fraction of sp³-hybridized carbons (Fsp3) is 0.786. The molecule has 0 aromatic rings. The third kappa shape index (κ3) is 2.11. The number of rotatable bonds is 4. The molecule has 2 fully saturated rings. The second kappa shape index (κ2) is 4.29. The number of halogens is 2. The predicted octanol–water partition coefficient (Wildman–Crippen LogP) is 2.39. The standard InChI is InChI=1S/C14H18F2O5S/c1-12(7-21-11(17)14(15,16)22(18,19)20)3-8-5-13(2)6-9(4-12)10(8)13/h3,9-10H,4-7H2,1-2H3,(H,18,19,20). The number of ether oxygens (including phenoxy) is 1. The molecule has 0 aromatic carbocycles. The van der Waals surface area contributed by atoms with E-state index in [-0.39, 0.29) is 6.61 Å². The average Bonchev–Trinajstić information content (AvgIpc) is 2.31. The smallest absolute Gasteiger partial charge is 0.459 e. The van der Waals surface area contributed by atoms with Crippen molar-refractivity contribution in [2.45, 2.75) is 38.4 Å². The number of allylic oxidation sites excluding steroid dienone is 1. The van der Waals surface area contributed by atoms with Gasteiger partial charge in [-0.1, -0.05) is 25.5 Å². The number of hydrogen-bond donors (Lipinski definition) is 1. The molecule has 5 nitrogen and oxygen atoms in total. The molecule has 0 saturated heterocycles. The Morgan fingerprint density at radius 3 is 2.59 bits per heavy atom. The predicted molar refractivity (Wildman–Crippen MR) is 72.6 cm³/mol. The maximum atomic E-state index is 13.2. The first-order chi connectivity index (χ1) is 9.88. The lowest BCUT2D eigenvalue weighted by Gasteiger charge is -2.67. The van der Waals surface area contributed by atoms with Gasteiger partial charge in [0, 0.05) is 5.41 Å². The molecule has 3 aliphatic carbocycles. The minimum atomic E-state index is -5.82. The molecule has 0 bridgehead atoms. The Bertz CT molecular complexity index is 671. The van der Waals surface area contributed by atoms with Crippen molar-refractivity contribution in [2.75, 3.05) is 6.61 Å². The average molecular weight is 336 g/mol. The Balaban J connectivity index is 1.68. The van der Waals surface area contributed by atoms with Gasteiger partial charge in [-0.2, -0.15) is 17.2 Å². The minimum absolute atomic E-state index is 0.319. The minimum Gasteiger partial charge on any atom is -0.459 e. The maximum absolute atomic E-state index is 13.2. The Morgan fingerprint density at radius 1 is 1.45 bits per heavy atom. The molecule has 0 radical (unpaired) electrons. The summed E-state index contributed by atoms with van der Waals surface area (Å²) >= 11 is 0. The van der Waals surface area contributed by atoms with Gasteiger partial charge in [0.2, 0.25) is 0 Å². The molecule has 4 unspecified atom stereocenters. The van der Waals surface area contributed by atoms with E-state index in [1.165, 1.54) is 5.57 Å². The maximum Gasteiger partial charge on any atom is 0.465 e.